The summed E-state index contributed by atoms with van der Waals surface area (Å²) in [6.07, 6.45) is 0. The first-order valence-corrected chi connectivity index (χ1v) is 7.02. The fourth-order valence-corrected chi connectivity index (χ4v) is 2.15. The van der Waals surface area contributed by atoms with E-state index in [1.54, 1.807) is 12.1 Å². The van der Waals surface area contributed by atoms with E-state index in [-0.39, 0.29) is 18.1 Å². The Balaban J connectivity index is 2.03. The van der Waals surface area contributed by atoms with Crippen molar-refractivity contribution in [3.63, 3.8) is 0 Å². The van der Waals surface area contributed by atoms with Gasteiger partial charge in [0.05, 0.1) is 12.2 Å². The van der Waals surface area contributed by atoms with Crippen molar-refractivity contribution < 1.29 is 9.18 Å². The highest BCUT2D eigenvalue weighted by Crippen LogP contribution is 2.08. The highest BCUT2D eigenvalue weighted by molar-refractivity contribution is 5.97. The molecular weight excluding hydrogens is 267 g/mol. The summed E-state index contributed by atoms with van der Waals surface area (Å²) in [6, 6.07) is 11.7. The molecule has 0 aliphatic rings. The van der Waals surface area contributed by atoms with E-state index in [0.29, 0.717) is 12.1 Å². The molecule has 0 N–H and O–H groups in total. The van der Waals surface area contributed by atoms with Gasteiger partial charge in [0.1, 0.15) is 5.82 Å². The third-order valence-electron chi connectivity index (χ3n) is 3.29. The Morgan fingerprint density at radius 2 is 2.00 bits per heavy atom. The van der Waals surface area contributed by atoms with Gasteiger partial charge in [0, 0.05) is 17.8 Å². The largest absolute Gasteiger partial charge is 0.293 e. The van der Waals surface area contributed by atoms with Gasteiger partial charge in [-0.2, -0.15) is 0 Å². The van der Waals surface area contributed by atoms with E-state index >= 15 is 0 Å². The monoisotopic (exact) mass is 286 g/mol. The Hall–Kier alpha value is -2.07. The minimum atomic E-state index is -0.385. The number of aryl methyl sites for hydroxylation is 1. The minimum absolute atomic E-state index is 0.0796. The molecule has 0 aliphatic carbocycles. The SMILES string of the molecule is CCN(CC(=O)c1cccc(F)c1)Cc1cccc(C)n1. The smallest absolute Gasteiger partial charge is 0.176 e. The van der Waals surface area contributed by atoms with Crippen LogP contribution in [0.3, 0.4) is 0 Å². The lowest BCUT2D eigenvalue weighted by molar-refractivity contribution is 0.0928. The van der Waals surface area contributed by atoms with Gasteiger partial charge in [0.25, 0.3) is 0 Å². The molecule has 0 atom stereocenters. The number of carbonyl (C=O) groups excluding carboxylic acids is 1. The molecule has 1 aromatic carbocycles. The molecule has 0 bridgehead atoms. The number of nitrogens with zero attached hydrogens (tertiary/aromatic N) is 2. The molecule has 2 aromatic rings. The van der Waals surface area contributed by atoms with Crippen LogP contribution in [0.1, 0.15) is 28.7 Å². The number of Topliss-reactive ketones (excluding diaryl/α,β-unsaturated/α-hetero) is 1. The second kappa shape index (κ2) is 7.09. The molecule has 110 valence electrons. The van der Waals surface area contributed by atoms with Crippen LogP contribution in [0.5, 0.6) is 0 Å². The molecule has 0 spiro atoms. The zero-order valence-corrected chi connectivity index (χ0v) is 12.3. The number of likely N-dealkylation sites (N-methyl/N-ethyl adjacent to an activating group) is 1. The van der Waals surface area contributed by atoms with Gasteiger partial charge in [0.15, 0.2) is 5.78 Å². The summed E-state index contributed by atoms with van der Waals surface area (Å²) < 4.78 is 13.2. The number of halogens is 1. The molecule has 0 amide bonds. The lowest BCUT2D eigenvalue weighted by Crippen LogP contribution is -2.29. The van der Waals surface area contributed by atoms with Crippen molar-refractivity contribution in [2.24, 2.45) is 0 Å². The van der Waals surface area contributed by atoms with Crippen molar-refractivity contribution >= 4 is 5.78 Å². The number of carbonyl (C=O) groups is 1. The molecule has 0 aliphatic heterocycles. The second-order valence-electron chi connectivity index (χ2n) is 5.01. The van der Waals surface area contributed by atoms with Crippen molar-refractivity contribution in [1.82, 2.24) is 9.88 Å². The van der Waals surface area contributed by atoms with Gasteiger partial charge in [-0.25, -0.2) is 4.39 Å². The fourth-order valence-electron chi connectivity index (χ4n) is 2.15. The van der Waals surface area contributed by atoms with Gasteiger partial charge < -0.3 is 0 Å². The van der Waals surface area contributed by atoms with Gasteiger partial charge in [-0.1, -0.05) is 25.1 Å². The van der Waals surface area contributed by atoms with Crippen LogP contribution in [0.25, 0.3) is 0 Å². The van der Waals surface area contributed by atoms with Crippen molar-refractivity contribution in [2.75, 3.05) is 13.1 Å². The molecule has 0 radical (unpaired) electrons. The first-order chi connectivity index (χ1) is 10.1. The zero-order valence-electron chi connectivity index (χ0n) is 12.3. The number of pyridine rings is 1. The first-order valence-electron chi connectivity index (χ1n) is 7.02. The Morgan fingerprint density at radius 3 is 2.67 bits per heavy atom. The topological polar surface area (TPSA) is 33.2 Å². The van der Waals surface area contributed by atoms with Crippen molar-refractivity contribution in [2.45, 2.75) is 20.4 Å². The predicted molar refractivity (Wildman–Crippen MR) is 80.7 cm³/mol. The quantitative estimate of drug-likeness (QED) is 0.764. The molecule has 2 rings (SSSR count). The fraction of sp³-hybridized carbons (Fsp3) is 0.294. The van der Waals surface area contributed by atoms with E-state index in [1.165, 1.54) is 12.1 Å². The summed E-state index contributed by atoms with van der Waals surface area (Å²) >= 11 is 0. The summed E-state index contributed by atoms with van der Waals surface area (Å²) in [5, 5.41) is 0. The summed E-state index contributed by atoms with van der Waals surface area (Å²) in [6.45, 7) is 5.54. The van der Waals surface area contributed by atoms with Crippen LogP contribution in [0.15, 0.2) is 42.5 Å². The molecule has 0 saturated heterocycles. The number of hydrogen-bond donors (Lipinski definition) is 0. The molecule has 0 saturated carbocycles. The maximum Gasteiger partial charge on any atom is 0.176 e. The number of hydrogen-bond acceptors (Lipinski definition) is 3. The number of ketones is 1. The molecule has 1 aromatic heterocycles. The van der Waals surface area contributed by atoms with Gasteiger partial charge >= 0.3 is 0 Å². The van der Waals surface area contributed by atoms with Crippen LogP contribution in [-0.2, 0) is 6.54 Å². The second-order valence-corrected chi connectivity index (χ2v) is 5.01. The number of rotatable bonds is 6. The zero-order chi connectivity index (χ0) is 15.2. The van der Waals surface area contributed by atoms with Gasteiger partial charge in [-0.15, -0.1) is 0 Å². The van der Waals surface area contributed by atoms with Crippen LogP contribution in [0.2, 0.25) is 0 Å². The number of benzene rings is 1. The summed E-state index contributed by atoms with van der Waals surface area (Å²) in [5.74, 6) is -0.465. The van der Waals surface area contributed by atoms with Crippen LogP contribution in [-0.4, -0.2) is 28.8 Å². The summed E-state index contributed by atoms with van der Waals surface area (Å²) in [4.78, 5) is 18.6. The molecule has 1 heterocycles. The van der Waals surface area contributed by atoms with E-state index in [2.05, 4.69) is 4.98 Å². The highest BCUT2D eigenvalue weighted by Gasteiger charge is 2.13. The third kappa shape index (κ3) is 4.46. The molecule has 3 nitrogen and oxygen atoms in total. The van der Waals surface area contributed by atoms with E-state index in [1.807, 2.05) is 36.9 Å². The Kier molecular flexibility index (Phi) is 5.17. The van der Waals surface area contributed by atoms with Crippen molar-refractivity contribution in [3.05, 3.63) is 65.2 Å². The lowest BCUT2D eigenvalue weighted by Gasteiger charge is -2.19. The van der Waals surface area contributed by atoms with Gasteiger partial charge in [-0.05, 0) is 37.7 Å². The van der Waals surface area contributed by atoms with E-state index < -0.39 is 0 Å². The van der Waals surface area contributed by atoms with Gasteiger partial charge in [-0.3, -0.25) is 14.7 Å². The van der Waals surface area contributed by atoms with E-state index in [4.69, 9.17) is 0 Å². The summed E-state index contributed by atoms with van der Waals surface area (Å²) in [5.41, 5.74) is 2.30. The van der Waals surface area contributed by atoms with E-state index in [0.717, 1.165) is 17.9 Å². The van der Waals surface area contributed by atoms with Crippen LogP contribution >= 0.6 is 0 Å². The minimum Gasteiger partial charge on any atom is -0.293 e. The summed E-state index contributed by atoms with van der Waals surface area (Å²) in [7, 11) is 0. The van der Waals surface area contributed by atoms with Crippen molar-refractivity contribution in [1.29, 1.82) is 0 Å². The maximum atomic E-state index is 13.2. The highest BCUT2D eigenvalue weighted by atomic mass is 19.1. The Bertz CT molecular complexity index is 628. The third-order valence-corrected chi connectivity index (χ3v) is 3.29. The van der Waals surface area contributed by atoms with Crippen LogP contribution in [0, 0.1) is 12.7 Å². The van der Waals surface area contributed by atoms with Crippen LogP contribution in [0.4, 0.5) is 4.39 Å². The molecule has 0 unspecified atom stereocenters. The molecule has 4 heteroatoms. The maximum absolute atomic E-state index is 13.2. The average molecular weight is 286 g/mol. The average Bonchev–Trinajstić information content (AvgIpc) is 2.46. The van der Waals surface area contributed by atoms with Gasteiger partial charge in [0.2, 0.25) is 0 Å². The van der Waals surface area contributed by atoms with Crippen LogP contribution < -0.4 is 0 Å². The normalized spacial score (nSPS) is 10.9. The molecular formula is C17H19FN2O. The lowest BCUT2D eigenvalue weighted by atomic mass is 10.1. The predicted octanol–water partition coefficient (Wildman–Crippen LogP) is 3.23. The first kappa shape index (κ1) is 15.3. The number of aromatic nitrogens is 1. The van der Waals surface area contributed by atoms with E-state index in [9.17, 15) is 9.18 Å². The molecule has 0 fully saturated rings. The standard InChI is InChI=1S/C17H19FN2O/c1-3-20(11-16-9-4-6-13(2)19-16)12-17(21)14-7-5-8-15(18)10-14/h4-10H,3,11-12H2,1-2H3. The Morgan fingerprint density at radius 1 is 1.24 bits per heavy atom. The molecule has 21 heavy (non-hydrogen) atoms. The Labute approximate surface area is 124 Å². The van der Waals surface area contributed by atoms with Crippen molar-refractivity contribution in [3.8, 4) is 0 Å².